The van der Waals surface area contributed by atoms with Crippen LogP contribution in [0.3, 0.4) is 0 Å². The van der Waals surface area contributed by atoms with Crippen LogP contribution in [0.4, 0.5) is 22.6 Å². The predicted molar refractivity (Wildman–Crippen MR) is 219 cm³/mol. The van der Waals surface area contributed by atoms with Crippen LogP contribution >= 0.6 is 11.3 Å². The molecule has 4 N–H and O–H groups in total. The topological polar surface area (TPSA) is 163 Å². The fourth-order valence-electron chi connectivity index (χ4n) is 11.1. The van der Waals surface area contributed by atoms with Crippen LogP contribution in [0.15, 0.2) is 48.7 Å². The molecule has 0 radical (unpaired) electrons. The molecule has 1 aromatic carbocycles. The summed E-state index contributed by atoms with van der Waals surface area (Å²) in [7, 11) is 1.80. The average Bonchev–Trinajstić information content (AvgIpc) is 3.73. The Labute approximate surface area is 331 Å². The molecule has 4 fully saturated rings. The maximum atomic E-state index is 12.8. The van der Waals surface area contributed by atoms with Gasteiger partial charge in [0, 0.05) is 48.4 Å². The van der Waals surface area contributed by atoms with Gasteiger partial charge in [0.2, 0.25) is 0 Å². The summed E-state index contributed by atoms with van der Waals surface area (Å²) in [6.07, 6.45) is 8.95. The van der Waals surface area contributed by atoms with E-state index in [1.807, 2.05) is 56.3 Å². The van der Waals surface area contributed by atoms with Gasteiger partial charge in [-0.25, -0.2) is 14.8 Å². The van der Waals surface area contributed by atoms with E-state index in [-0.39, 0.29) is 28.5 Å². The number of nitrogens with one attached hydrogen (secondary N) is 2. The number of pyridine rings is 1. The first kappa shape index (κ1) is 38.4. The molecule has 0 aliphatic heterocycles. The molecule has 56 heavy (non-hydrogen) atoms. The Balaban J connectivity index is 1.07. The van der Waals surface area contributed by atoms with Crippen LogP contribution in [0, 0.1) is 36.0 Å². The van der Waals surface area contributed by atoms with Crippen molar-refractivity contribution < 1.29 is 19.7 Å². The number of aromatic carboxylic acids is 1. The summed E-state index contributed by atoms with van der Waals surface area (Å²) in [6, 6.07) is 13.5. The van der Waals surface area contributed by atoms with Crippen LogP contribution in [0.1, 0.15) is 87.5 Å². The second-order valence-corrected chi connectivity index (χ2v) is 18.2. The first-order chi connectivity index (χ1) is 26.8. The van der Waals surface area contributed by atoms with Gasteiger partial charge >= 0.3 is 5.97 Å². The molecular weight excluding hydrogens is 727 g/mol. The summed E-state index contributed by atoms with van der Waals surface area (Å²) in [5.74, 6) is 0.796. The number of fused-ring (bicyclic) bond motifs is 1. The lowest BCUT2D eigenvalue weighted by Crippen LogP contribution is -2.76. The van der Waals surface area contributed by atoms with E-state index in [0.29, 0.717) is 42.1 Å². The second-order valence-electron chi connectivity index (χ2n) is 17.1. The minimum absolute atomic E-state index is 0.0557. The van der Waals surface area contributed by atoms with E-state index in [1.54, 1.807) is 29.5 Å². The van der Waals surface area contributed by atoms with Gasteiger partial charge in [-0.2, -0.15) is 5.10 Å². The van der Waals surface area contributed by atoms with E-state index >= 15 is 0 Å². The highest BCUT2D eigenvalue weighted by Crippen LogP contribution is 2.73. The molecular formula is C42H53N9O4S. The number of nitrogens with zero attached hydrogens (tertiary/aromatic N) is 7. The molecule has 0 amide bonds. The SMILES string of the molecule is CCOC1(NCCCCO)C2CC3(C)CC(C)(C2)CC1(Cn1ncc(-c2ccc(N(C)c4cc(C)c(Nc5nc6ccccc6s5)nn4)nc2C(=O)O)c1C)C3. The predicted octanol–water partition coefficient (Wildman–Crippen LogP) is 7.87. The van der Waals surface area contributed by atoms with Gasteiger partial charge in [0.1, 0.15) is 11.5 Å². The number of unbranched alkanes of at least 4 members (excludes halogenated alkanes) is 1. The fourth-order valence-corrected chi connectivity index (χ4v) is 11.9. The molecule has 296 valence electrons. The van der Waals surface area contributed by atoms with E-state index in [0.717, 1.165) is 77.2 Å². The number of carboxylic acid groups (broad SMARTS) is 1. The van der Waals surface area contributed by atoms with Crippen molar-refractivity contribution in [3.63, 3.8) is 0 Å². The fraction of sp³-hybridized carbons (Fsp3) is 0.524. The zero-order valence-electron chi connectivity index (χ0n) is 33.2. The smallest absolute Gasteiger partial charge is 0.355 e. The maximum Gasteiger partial charge on any atom is 0.355 e. The number of aliphatic hydroxyl groups is 1. The highest BCUT2D eigenvalue weighted by Gasteiger charge is 2.72. The average molecular weight is 780 g/mol. The lowest BCUT2D eigenvalue weighted by atomic mass is 9.37. The number of aliphatic hydroxyl groups excluding tert-OH is 1. The standard InChI is InChI=1S/C42H53N9O4S/c1-7-55-42(43-16-10-11-17-52)28-19-39(4)22-40(5,20-28)24-41(42,23-39)25-51-27(3)30(21-44-51)29-14-15-33(46-35(29)37(53)54)50(6)34-18-26(2)36(49-48-34)47-38-45-31-12-8-9-13-32(31)56-38/h8-9,12-15,18,21,28,43,52H,7,10-11,16-17,19-20,22-25H2,1-6H3,(H,53,54)(H,45,47,49). The zero-order valence-corrected chi connectivity index (χ0v) is 34.0. The molecule has 4 aromatic heterocycles. The van der Waals surface area contributed by atoms with Gasteiger partial charge in [0.15, 0.2) is 22.5 Å². The van der Waals surface area contributed by atoms with E-state index < -0.39 is 11.7 Å². The molecule has 9 rings (SSSR count). The Morgan fingerprint density at radius 1 is 1.02 bits per heavy atom. The van der Waals surface area contributed by atoms with E-state index in [4.69, 9.17) is 9.84 Å². The lowest BCUT2D eigenvalue weighted by molar-refractivity contribution is -0.307. The number of rotatable bonds is 15. The number of thiazole rings is 1. The van der Waals surface area contributed by atoms with Crippen LogP contribution in [-0.4, -0.2) is 78.7 Å². The quantitative estimate of drug-likeness (QED) is 0.0602. The summed E-state index contributed by atoms with van der Waals surface area (Å²) in [6.45, 7) is 13.2. The third-order valence-electron chi connectivity index (χ3n) is 12.7. The van der Waals surface area contributed by atoms with Crippen LogP contribution < -0.4 is 15.5 Å². The monoisotopic (exact) mass is 779 g/mol. The molecule has 0 spiro atoms. The Hall–Kier alpha value is -4.50. The Bertz CT molecular complexity index is 2220. The molecule has 4 aliphatic carbocycles. The minimum Gasteiger partial charge on any atom is -0.476 e. The number of aromatic nitrogens is 6. The van der Waals surface area contributed by atoms with Crippen molar-refractivity contribution in [2.75, 3.05) is 37.0 Å². The lowest BCUT2D eigenvalue weighted by Gasteiger charge is -2.72. The first-order valence-electron chi connectivity index (χ1n) is 19.8. The van der Waals surface area contributed by atoms with Crippen molar-refractivity contribution in [2.45, 2.75) is 91.8 Å². The van der Waals surface area contributed by atoms with Gasteiger partial charge in [-0.3, -0.25) is 10.00 Å². The number of aryl methyl sites for hydroxylation is 1. The molecule has 14 heteroatoms. The molecule has 4 heterocycles. The highest BCUT2D eigenvalue weighted by molar-refractivity contribution is 7.22. The van der Waals surface area contributed by atoms with Crippen LogP contribution in [0.25, 0.3) is 21.3 Å². The van der Waals surface area contributed by atoms with E-state index in [1.165, 1.54) is 6.42 Å². The first-order valence-corrected chi connectivity index (χ1v) is 20.6. The van der Waals surface area contributed by atoms with Crippen LogP contribution in [-0.2, 0) is 11.3 Å². The van der Waals surface area contributed by atoms with Gasteiger partial charge < -0.3 is 25.2 Å². The molecule has 13 nitrogen and oxygen atoms in total. The summed E-state index contributed by atoms with van der Waals surface area (Å²) < 4.78 is 10.1. The molecule has 5 aromatic rings. The van der Waals surface area contributed by atoms with Gasteiger partial charge in [0.25, 0.3) is 0 Å². The molecule has 4 saturated carbocycles. The zero-order chi connectivity index (χ0) is 39.5. The number of anilines is 4. The normalized spacial score (nSPS) is 26.6. The van der Waals surface area contributed by atoms with Gasteiger partial charge in [-0.1, -0.05) is 37.3 Å². The van der Waals surface area contributed by atoms with Gasteiger partial charge in [-0.05, 0) is 119 Å². The molecule has 4 bridgehead atoms. The Morgan fingerprint density at radius 2 is 1.79 bits per heavy atom. The van der Waals surface area contributed by atoms with Crippen molar-refractivity contribution in [1.82, 2.24) is 35.3 Å². The van der Waals surface area contributed by atoms with Crippen molar-refractivity contribution in [3.05, 3.63) is 65.6 Å². The third kappa shape index (κ3) is 6.63. The highest BCUT2D eigenvalue weighted by atomic mass is 32.1. The van der Waals surface area contributed by atoms with Gasteiger partial charge in [-0.15, -0.1) is 10.2 Å². The van der Waals surface area contributed by atoms with E-state index in [2.05, 4.69) is 56.3 Å². The number of benzene rings is 1. The minimum atomic E-state index is -1.12. The van der Waals surface area contributed by atoms with Crippen molar-refractivity contribution in [2.24, 2.45) is 22.2 Å². The summed E-state index contributed by atoms with van der Waals surface area (Å²) in [5, 5.41) is 41.8. The molecule has 3 atom stereocenters. The number of hydrogen-bond acceptors (Lipinski definition) is 12. The van der Waals surface area contributed by atoms with Crippen molar-refractivity contribution in [3.8, 4) is 11.1 Å². The summed E-state index contributed by atoms with van der Waals surface area (Å²) in [4.78, 5) is 23.9. The summed E-state index contributed by atoms with van der Waals surface area (Å²) in [5.41, 5.74) is 3.56. The third-order valence-corrected chi connectivity index (χ3v) is 13.6. The molecule has 4 aliphatic rings. The summed E-state index contributed by atoms with van der Waals surface area (Å²) >= 11 is 1.55. The largest absolute Gasteiger partial charge is 0.476 e. The molecule has 3 unspecified atom stereocenters. The Morgan fingerprint density at radius 3 is 2.48 bits per heavy atom. The van der Waals surface area contributed by atoms with Gasteiger partial charge in [0.05, 0.1) is 23.0 Å². The van der Waals surface area contributed by atoms with E-state index in [9.17, 15) is 15.0 Å². The maximum absolute atomic E-state index is 12.8. The van der Waals surface area contributed by atoms with Crippen molar-refractivity contribution in [1.29, 1.82) is 0 Å². The Kier molecular flexibility index (Phi) is 9.91. The molecule has 0 saturated heterocycles. The number of hydrogen-bond donors (Lipinski definition) is 4. The number of carbonyl (C=O) groups is 1. The number of para-hydroxylation sites is 1. The van der Waals surface area contributed by atoms with Crippen LogP contribution in [0.2, 0.25) is 0 Å². The number of carboxylic acids is 1. The van der Waals surface area contributed by atoms with Crippen molar-refractivity contribution >= 4 is 50.1 Å². The van der Waals surface area contributed by atoms with Crippen LogP contribution in [0.5, 0.6) is 0 Å². The number of ether oxygens (including phenoxy) is 1. The second kappa shape index (κ2) is 14.5.